The molecule has 8 nitrogen and oxygen atoms in total. The van der Waals surface area contributed by atoms with Gasteiger partial charge in [-0.05, 0) is 50.5 Å². The van der Waals surface area contributed by atoms with Crippen molar-refractivity contribution in [1.29, 1.82) is 0 Å². The quantitative estimate of drug-likeness (QED) is 0.575. The minimum absolute atomic E-state index is 0.00140. The number of furan rings is 1. The molecule has 1 atom stereocenters. The minimum Gasteiger partial charge on any atom is -0.468 e. The molecule has 4 rings (SSSR count). The number of aryl methyl sites for hydroxylation is 1. The zero-order chi connectivity index (χ0) is 23.2. The van der Waals surface area contributed by atoms with Crippen molar-refractivity contribution in [2.24, 2.45) is 0 Å². The zero-order valence-corrected chi connectivity index (χ0v) is 19.7. The van der Waals surface area contributed by atoms with E-state index >= 15 is 0 Å². The maximum Gasteiger partial charge on any atom is 0.253 e. The average Bonchev–Trinajstić information content (AvgIpc) is 3.50. The number of hydrogen-bond donors (Lipinski definition) is 2. The molecule has 2 aromatic rings. The molecule has 0 aromatic carbocycles. The summed E-state index contributed by atoms with van der Waals surface area (Å²) in [4.78, 5) is 43.6. The molecule has 0 radical (unpaired) electrons. The molecule has 2 N–H and O–H groups in total. The lowest BCUT2D eigenvalue weighted by Crippen LogP contribution is -2.47. The van der Waals surface area contributed by atoms with Gasteiger partial charge in [0.2, 0.25) is 11.8 Å². The van der Waals surface area contributed by atoms with Crippen LogP contribution in [0.4, 0.5) is 0 Å². The Morgan fingerprint density at radius 3 is 2.76 bits per heavy atom. The monoisotopic (exact) mass is 470 g/mol. The molecule has 0 saturated carbocycles. The van der Waals surface area contributed by atoms with Crippen LogP contribution in [0.5, 0.6) is 0 Å². The lowest BCUT2D eigenvalue weighted by molar-refractivity contribution is -0.135. The fourth-order valence-corrected chi connectivity index (χ4v) is 5.13. The van der Waals surface area contributed by atoms with Crippen molar-refractivity contribution < 1.29 is 18.8 Å². The molecule has 2 saturated heterocycles. The summed E-state index contributed by atoms with van der Waals surface area (Å²) in [6, 6.07) is 7.15. The second-order valence-electron chi connectivity index (χ2n) is 8.53. The second-order valence-corrected chi connectivity index (χ2v) is 9.64. The predicted molar refractivity (Wildman–Crippen MR) is 126 cm³/mol. The van der Waals surface area contributed by atoms with Gasteiger partial charge in [-0.15, -0.1) is 0 Å². The van der Waals surface area contributed by atoms with Crippen LogP contribution in [0.1, 0.15) is 59.1 Å². The highest BCUT2D eigenvalue weighted by Gasteiger charge is 2.34. The first-order valence-electron chi connectivity index (χ1n) is 11.5. The summed E-state index contributed by atoms with van der Waals surface area (Å²) in [5.41, 5.74) is 2.31. The molecule has 2 aliphatic rings. The van der Waals surface area contributed by atoms with Crippen molar-refractivity contribution >= 4 is 29.5 Å². The van der Waals surface area contributed by atoms with Crippen molar-refractivity contribution in [2.45, 2.75) is 50.3 Å². The molecule has 3 amide bonds. The predicted octanol–water partition coefficient (Wildman–Crippen LogP) is 2.63. The third-order valence-corrected chi connectivity index (χ3v) is 7.13. The highest BCUT2D eigenvalue weighted by Crippen LogP contribution is 2.30. The van der Waals surface area contributed by atoms with Crippen LogP contribution >= 0.6 is 11.8 Å². The van der Waals surface area contributed by atoms with Gasteiger partial charge in [-0.25, -0.2) is 0 Å². The molecule has 1 unspecified atom stereocenters. The van der Waals surface area contributed by atoms with Crippen molar-refractivity contribution in [3.05, 3.63) is 53.2 Å². The smallest absolute Gasteiger partial charge is 0.253 e. The molecule has 0 spiro atoms. The second kappa shape index (κ2) is 10.9. The van der Waals surface area contributed by atoms with Gasteiger partial charge in [-0.1, -0.05) is 0 Å². The van der Waals surface area contributed by atoms with E-state index in [0.717, 1.165) is 41.5 Å². The first kappa shape index (κ1) is 23.4. The van der Waals surface area contributed by atoms with Crippen LogP contribution in [0, 0.1) is 6.92 Å². The Kier molecular flexibility index (Phi) is 7.69. The van der Waals surface area contributed by atoms with Gasteiger partial charge >= 0.3 is 0 Å². The number of amides is 3. The van der Waals surface area contributed by atoms with E-state index in [-0.39, 0.29) is 23.6 Å². The summed E-state index contributed by atoms with van der Waals surface area (Å²) in [5, 5.41) is 5.77. The van der Waals surface area contributed by atoms with Gasteiger partial charge in [0.1, 0.15) is 11.8 Å². The highest BCUT2D eigenvalue weighted by molar-refractivity contribution is 7.98. The van der Waals surface area contributed by atoms with Gasteiger partial charge in [0, 0.05) is 43.4 Å². The molecule has 0 bridgehead atoms. The molecule has 0 aliphatic carbocycles. The number of pyridine rings is 1. The number of nitrogens with zero attached hydrogens (tertiary/aromatic N) is 2. The molecular weight excluding hydrogens is 440 g/mol. The number of aromatic nitrogens is 1. The maximum absolute atomic E-state index is 12.9. The summed E-state index contributed by atoms with van der Waals surface area (Å²) in [5.74, 6) is 2.46. The fourth-order valence-electron chi connectivity index (χ4n) is 4.37. The Morgan fingerprint density at radius 1 is 1.24 bits per heavy atom. The first-order chi connectivity index (χ1) is 16.0. The summed E-state index contributed by atoms with van der Waals surface area (Å²) in [7, 11) is 0. The van der Waals surface area contributed by atoms with E-state index in [2.05, 4.69) is 10.6 Å². The number of nitrogens with one attached hydrogen (secondary N) is 2. The van der Waals surface area contributed by atoms with Crippen molar-refractivity contribution in [1.82, 2.24) is 20.5 Å². The molecule has 4 heterocycles. The van der Waals surface area contributed by atoms with Gasteiger partial charge < -0.3 is 20.0 Å². The van der Waals surface area contributed by atoms with Crippen LogP contribution in [0.2, 0.25) is 0 Å². The van der Waals surface area contributed by atoms with Crippen LogP contribution in [0.25, 0.3) is 0 Å². The van der Waals surface area contributed by atoms with Gasteiger partial charge in [0.25, 0.3) is 5.91 Å². The van der Waals surface area contributed by atoms with E-state index < -0.39 is 6.04 Å². The van der Waals surface area contributed by atoms with E-state index in [4.69, 9.17) is 9.40 Å². The van der Waals surface area contributed by atoms with Crippen LogP contribution < -0.4 is 10.6 Å². The van der Waals surface area contributed by atoms with Gasteiger partial charge in [-0.3, -0.25) is 19.4 Å². The Hall–Kier alpha value is -2.81. The molecule has 2 aromatic heterocycles. The number of hydrogen-bond acceptors (Lipinski definition) is 6. The Morgan fingerprint density at radius 2 is 2.06 bits per heavy atom. The molecule has 176 valence electrons. The minimum atomic E-state index is -0.391. The first-order valence-corrected chi connectivity index (χ1v) is 12.6. The Labute approximate surface area is 197 Å². The molecule has 2 fully saturated rings. The lowest BCUT2D eigenvalue weighted by Gasteiger charge is -2.33. The number of carbonyl (C=O) groups is 3. The molecular formula is C24H30N4O4S. The van der Waals surface area contributed by atoms with Gasteiger partial charge in [-0.2, -0.15) is 11.8 Å². The van der Waals surface area contributed by atoms with E-state index in [0.29, 0.717) is 38.0 Å². The summed E-state index contributed by atoms with van der Waals surface area (Å²) in [6.45, 7) is 3.71. The summed E-state index contributed by atoms with van der Waals surface area (Å²) in [6.07, 6.45) is 4.15. The van der Waals surface area contributed by atoms with Crippen molar-refractivity contribution in [3.8, 4) is 0 Å². The van der Waals surface area contributed by atoms with Crippen LogP contribution in [0.3, 0.4) is 0 Å². The number of thioether (sulfide) groups is 1. The SMILES string of the molecule is Cc1ccc(C(=O)NCCSCc2ccco2)c(C2CCN(C(=O)C3CCC(=O)N3)CC2)n1. The van der Waals surface area contributed by atoms with E-state index in [1.165, 1.54) is 0 Å². The van der Waals surface area contributed by atoms with Crippen LogP contribution in [0.15, 0.2) is 34.9 Å². The van der Waals surface area contributed by atoms with Crippen molar-refractivity contribution in [3.63, 3.8) is 0 Å². The number of carbonyl (C=O) groups excluding carboxylic acids is 3. The average molecular weight is 471 g/mol. The third kappa shape index (κ3) is 5.96. The standard InChI is InChI=1S/C24H30N4O4S/c1-16-4-5-19(23(30)25-10-14-33-15-18-3-2-13-32-18)22(26-16)17-8-11-28(12-9-17)24(31)20-6-7-21(29)27-20/h2-5,13,17,20H,6-12,14-15H2,1H3,(H,25,30)(H,27,29). The zero-order valence-electron chi connectivity index (χ0n) is 18.8. The molecule has 33 heavy (non-hydrogen) atoms. The van der Waals surface area contributed by atoms with E-state index in [1.807, 2.05) is 36.1 Å². The van der Waals surface area contributed by atoms with Gasteiger partial charge in [0.15, 0.2) is 0 Å². The normalized spacial score (nSPS) is 18.9. The third-order valence-electron chi connectivity index (χ3n) is 6.15. The van der Waals surface area contributed by atoms with Crippen LogP contribution in [-0.2, 0) is 15.3 Å². The van der Waals surface area contributed by atoms with E-state index in [9.17, 15) is 14.4 Å². The Bertz CT molecular complexity index is 986. The molecule has 2 aliphatic heterocycles. The topological polar surface area (TPSA) is 105 Å². The fraction of sp³-hybridized carbons (Fsp3) is 0.500. The maximum atomic E-state index is 12.9. The molecule has 9 heteroatoms. The van der Waals surface area contributed by atoms with E-state index in [1.54, 1.807) is 18.0 Å². The summed E-state index contributed by atoms with van der Waals surface area (Å²) >= 11 is 1.71. The Balaban J connectivity index is 1.30. The van der Waals surface area contributed by atoms with Gasteiger partial charge in [0.05, 0.1) is 23.3 Å². The number of piperidine rings is 1. The highest BCUT2D eigenvalue weighted by atomic mass is 32.2. The lowest BCUT2D eigenvalue weighted by atomic mass is 9.89. The van der Waals surface area contributed by atoms with Crippen molar-refractivity contribution in [2.75, 3.05) is 25.4 Å². The number of likely N-dealkylation sites (tertiary alicyclic amines) is 1. The largest absolute Gasteiger partial charge is 0.468 e. The van der Waals surface area contributed by atoms with Crippen LogP contribution in [-0.4, -0.2) is 59.0 Å². The summed E-state index contributed by atoms with van der Waals surface area (Å²) < 4.78 is 5.32. The number of rotatable bonds is 8.